The van der Waals surface area contributed by atoms with E-state index in [1.54, 1.807) is 18.3 Å². The van der Waals surface area contributed by atoms with Crippen molar-refractivity contribution in [3.63, 3.8) is 0 Å². The number of carbonyl (C=O) groups excluding carboxylic acids is 5. The van der Waals surface area contributed by atoms with E-state index in [1.165, 1.54) is 13.1 Å². The standard InChI is InChI=1S/C43H56FN9O6S/c1-5-34(26(2)3)53-38(56)9-6-28-24-45-43(48-39(28)53)46-30-12-20-52(21-13-30)60-31-14-18-51(19-15-31)41(58)27-10-16-50(17-11-27)36-22-29(25-54)32(23-33(36)44)42(59)49(4)35-7-8-37(55)47-40(35)57/h6,9,22-27,30-31,34-35H,5,7-8,10-21H2,1-4H3,(H,45,46,48)(H,47,55,57). The smallest absolute Gasteiger partial charge is 0.255 e. The van der Waals surface area contributed by atoms with Crippen LogP contribution in [0, 0.1) is 17.7 Å². The highest BCUT2D eigenvalue weighted by Crippen LogP contribution is 2.33. The molecule has 15 nitrogen and oxygen atoms in total. The Kier molecular flexibility index (Phi) is 13.5. The molecule has 4 amide bonds. The molecule has 0 bridgehead atoms. The van der Waals surface area contributed by atoms with E-state index in [0.29, 0.717) is 68.1 Å². The number of aromatic nitrogens is 3. The number of anilines is 2. The predicted octanol–water partition coefficient (Wildman–Crippen LogP) is 4.66. The number of rotatable bonds is 12. The first-order chi connectivity index (χ1) is 28.8. The van der Waals surface area contributed by atoms with Gasteiger partial charge in [0.05, 0.1) is 11.3 Å². The number of fused-ring (bicyclic) bond motifs is 1. The first kappa shape index (κ1) is 43.2. The molecule has 0 radical (unpaired) electrons. The van der Waals surface area contributed by atoms with Crippen molar-refractivity contribution in [3.8, 4) is 0 Å². The van der Waals surface area contributed by atoms with Crippen molar-refractivity contribution in [2.24, 2.45) is 11.8 Å². The van der Waals surface area contributed by atoms with E-state index >= 15 is 4.39 Å². The lowest BCUT2D eigenvalue weighted by atomic mass is 9.93. The van der Waals surface area contributed by atoms with Gasteiger partial charge in [0.25, 0.3) is 11.5 Å². The molecule has 0 spiro atoms. The molecule has 322 valence electrons. The maximum absolute atomic E-state index is 15.6. The molecule has 2 unspecified atom stereocenters. The molecule has 3 aromatic rings. The Labute approximate surface area is 353 Å². The van der Waals surface area contributed by atoms with E-state index in [9.17, 15) is 28.8 Å². The zero-order valence-electron chi connectivity index (χ0n) is 34.9. The Morgan fingerprint density at radius 1 is 1.00 bits per heavy atom. The van der Waals surface area contributed by atoms with Gasteiger partial charge in [-0.05, 0) is 75.5 Å². The molecule has 6 heterocycles. The van der Waals surface area contributed by atoms with Crippen molar-refractivity contribution >= 4 is 64.5 Å². The third-order valence-electron chi connectivity index (χ3n) is 12.7. The van der Waals surface area contributed by atoms with E-state index in [2.05, 4.69) is 40.7 Å². The Morgan fingerprint density at radius 2 is 1.72 bits per heavy atom. The van der Waals surface area contributed by atoms with Crippen LogP contribution in [0.1, 0.15) is 105 Å². The second-order valence-corrected chi connectivity index (χ2v) is 18.3. The average Bonchev–Trinajstić information content (AvgIpc) is 3.25. The van der Waals surface area contributed by atoms with Gasteiger partial charge in [0.1, 0.15) is 17.5 Å². The maximum atomic E-state index is 15.6. The number of likely N-dealkylation sites (tertiary alicyclic amines) is 1. The number of halogens is 1. The van der Waals surface area contributed by atoms with Crippen LogP contribution in [0.4, 0.5) is 16.0 Å². The van der Waals surface area contributed by atoms with Gasteiger partial charge < -0.3 is 20.0 Å². The molecule has 4 aliphatic heterocycles. The molecule has 4 fully saturated rings. The Hall–Kier alpha value is -4.90. The van der Waals surface area contributed by atoms with Crippen LogP contribution in [0.3, 0.4) is 0 Å². The molecular weight excluding hydrogens is 790 g/mol. The number of hydrogen-bond donors (Lipinski definition) is 2. The quantitative estimate of drug-likeness (QED) is 0.147. The minimum Gasteiger partial charge on any atom is -0.369 e. The zero-order chi connectivity index (χ0) is 42.7. The average molecular weight is 846 g/mol. The predicted molar refractivity (Wildman–Crippen MR) is 228 cm³/mol. The number of likely N-dealkylation sites (N-methyl/N-ethyl adjacent to an activating group) is 1. The van der Waals surface area contributed by atoms with Crippen LogP contribution >= 0.6 is 11.9 Å². The minimum atomic E-state index is -0.905. The first-order valence-corrected chi connectivity index (χ1v) is 22.2. The molecule has 4 aliphatic rings. The molecular formula is C43H56FN9O6S. The Morgan fingerprint density at radius 3 is 2.37 bits per heavy atom. The molecule has 2 N–H and O–H groups in total. The highest BCUT2D eigenvalue weighted by Gasteiger charge is 2.36. The summed E-state index contributed by atoms with van der Waals surface area (Å²) in [5.41, 5.74) is 0.678. The van der Waals surface area contributed by atoms with Crippen LogP contribution in [0.15, 0.2) is 35.3 Å². The largest absolute Gasteiger partial charge is 0.369 e. The van der Waals surface area contributed by atoms with Crippen molar-refractivity contribution in [2.45, 2.75) is 102 Å². The number of aldehydes is 1. The van der Waals surface area contributed by atoms with Crippen molar-refractivity contribution in [1.29, 1.82) is 0 Å². The minimum absolute atomic E-state index is 0.00621. The number of hydrogen-bond acceptors (Lipinski definition) is 12. The number of imide groups is 1. The van der Waals surface area contributed by atoms with Crippen LogP contribution in [0.25, 0.3) is 11.0 Å². The summed E-state index contributed by atoms with van der Waals surface area (Å²) in [5.74, 6) is -1.56. The van der Waals surface area contributed by atoms with Gasteiger partial charge in [0, 0.05) is 99.2 Å². The summed E-state index contributed by atoms with van der Waals surface area (Å²) in [6.07, 6.45) is 8.18. The maximum Gasteiger partial charge on any atom is 0.255 e. The van der Waals surface area contributed by atoms with Gasteiger partial charge in [0.15, 0.2) is 6.29 Å². The van der Waals surface area contributed by atoms with Gasteiger partial charge in [-0.2, -0.15) is 4.98 Å². The number of benzene rings is 1. The second-order valence-electron chi connectivity index (χ2n) is 16.9. The third kappa shape index (κ3) is 9.36. The summed E-state index contributed by atoms with van der Waals surface area (Å²) in [4.78, 5) is 90.2. The number of carbonyl (C=O) groups is 5. The molecule has 7 rings (SSSR count). The third-order valence-corrected chi connectivity index (χ3v) is 14.1. The van der Waals surface area contributed by atoms with Crippen molar-refractivity contribution in [3.05, 3.63) is 57.8 Å². The summed E-state index contributed by atoms with van der Waals surface area (Å²) in [7, 11) is 1.40. The van der Waals surface area contributed by atoms with E-state index in [1.807, 2.05) is 26.3 Å². The van der Waals surface area contributed by atoms with Crippen LogP contribution in [-0.2, 0) is 14.4 Å². The van der Waals surface area contributed by atoms with Crippen LogP contribution in [0.5, 0.6) is 0 Å². The summed E-state index contributed by atoms with van der Waals surface area (Å²) in [6, 6.07) is 5.19. The highest BCUT2D eigenvalue weighted by molar-refractivity contribution is 7.97. The van der Waals surface area contributed by atoms with Gasteiger partial charge in [-0.1, -0.05) is 32.7 Å². The number of piperidine rings is 4. The zero-order valence-corrected chi connectivity index (χ0v) is 35.7. The molecule has 60 heavy (non-hydrogen) atoms. The highest BCUT2D eigenvalue weighted by atomic mass is 32.2. The fourth-order valence-corrected chi connectivity index (χ4v) is 10.4. The van der Waals surface area contributed by atoms with Crippen molar-refractivity contribution < 1.29 is 28.4 Å². The summed E-state index contributed by atoms with van der Waals surface area (Å²) in [6.45, 7) is 10.5. The van der Waals surface area contributed by atoms with Gasteiger partial charge in [-0.15, -0.1) is 0 Å². The lowest BCUT2D eigenvalue weighted by molar-refractivity contribution is -0.137. The molecule has 2 atom stereocenters. The summed E-state index contributed by atoms with van der Waals surface area (Å²) >= 11 is 1.90. The molecule has 4 saturated heterocycles. The SMILES string of the molecule is CCC(C(C)C)n1c(=O)ccc2cnc(NC3CCN(SC4CCN(C(=O)C5CCN(c6cc(C=O)c(C(=O)N(C)C7CCC(=O)NC7=O)cc6F)CC5)CC4)CC3)nc21. The van der Waals surface area contributed by atoms with Crippen LogP contribution < -0.4 is 21.1 Å². The van der Waals surface area contributed by atoms with Gasteiger partial charge in [0.2, 0.25) is 23.7 Å². The number of amides is 4. The lowest BCUT2D eigenvalue weighted by Crippen LogP contribution is -2.53. The van der Waals surface area contributed by atoms with E-state index in [4.69, 9.17) is 4.98 Å². The number of pyridine rings is 1. The summed E-state index contributed by atoms with van der Waals surface area (Å²) < 4.78 is 19.8. The second kappa shape index (κ2) is 18.8. The van der Waals surface area contributed by atoms with Gasteiger partial charge >= 0.3 is 0 Å². The number of nitrogens with one attached hydrogen (secondary N) is 2. The first-order valence-electron chi connectivity index (χ1n) is 21.3. The lowest BCUT2D eigenvalue weighted by Gasteiger charge is -2.39. The van der Waals surface area contributed by atoms with Gasteiger partial charge in [-0.25, -0.2) is 9.37 Å². The summed E-state index contributed by atoms with van der Waals surface area (Å²) in [5, 5.41) is 7.03. The molecule has 0 aliphatic carbocycles. The van der Waals surface area contributed by atoms with E-state index in [0.717, 1.165) is 61.5 Å². The molecule has 1 aromatic carbocycles. The van der Waals surface area contributed by atoms with Crippen LogP contribution in [0.2, 0.25) is 0 Å². The van der Waals surface area contributed by atoms with Crippen molar-refractivity contribution in [2.75, 3.05) is 56.5 Å². The topological polar surface area (TPSA) is 170 Å². The van der Waals surface area contributed by atoms with E-state index < -0.39 is 29.6 Å². The fraction of sp³-hybridized carbons (Fsp3) is 0.581. The normalized spacial score (nSPS) is 20.7. The monoisotopic (exact) mass is 845 g/mol. The van der Waals surface area contributed by atoms with Crippen molar-refractivity contribution in [1.82, 2.24) is 34.0 Å². The van der Waals surface area contributed by atoms with Crippen LogP contribution in [-0.4, -0.2) is 122 Å². The molecule has 17 heteroatoms. The van der Waals surface area contributed by atoms with Gasteiger partial charge in [-0.3, -0.25) is 43.0 Å². The number of nitrogens with zero attached hydrogens (tertiary/aromatic N) is 7. The Balaban J connectivity index is 0.857. The molecule has 2 aromatic heterocycles. The molecule has 0 saturated carbocycles. The fourth-order valence-electron chi connectivity index (χ4n) is 9.17. The Bertz CT molecular complexity index is 2160. The van der Waals surface area contributed by atoms with E-state index in [-0.39, 0.29) is 59.1 Å².